The summed E-state index contributed by atoms with van der Waals surface area (Å²) in [6.07, 6.45) is -3.80. The topological polar surface area (TPSA) is 109 Å². The van der Waals surface area contributed by atoms with Gasteiger partial charge in [0, 0.05) is 30.4 Å². The van der Waals surface area contributed by atoms with Crippen molar-refractivity contribution in [3.8, 4) is 28.4 Å². The van der Waals surface area contributed by atoms with E-state index < -0.39 is 17.8 Å². The number of aliphatic hydroxyl groups is 1. The Morgan fingerprint density at radius 2 is 1.95 bits per heavy atom. The standard InChI is InChI=1S/C28H29F3N6O3/c1-15-25(24-16(2)36-40-17(24)3)34-26(35-27(15)37-12-18-6-5-9-33-23(18)13-37)21-10-20(39-14-19(38)11-32-4)7-8-22(21)28(29,30)31/h5-10,19,32,38H,11-14H2,1-4H3/t19-/m1/s1. The van der Waals surface area contributed by atoms with E-state index in [-0.39, 0.29) is 30.3 Å². The van der Waals surface area contributed by atoms with Gasteiger partial charge in [0.2, 0.25) is 0 Å². The molecule has 0 aliphatic carbocycles. The maximum absolute atomic E-state index is 14.3. The maximum atomic E-state index is 14.3. The van der Waals surface area contributed by atoms with Crippen LogP contribution in [0.2, 0.25) is 0 Å². The van der Waals surface area contributed by atoms with Crippen molar-refractivity contribution in [2.24, 2.45) is 0 Å². The van der Waals surface area contributed by atoms with Crippen molar-refractivity contribution in [1.82, 2.24) is 25.4 Å². The number of rotatable bonds is 8. The summed E-state index contributed by atoms with van der Waals surface area (Å²) >= 11 is 0. The van der Waals surface area contributed by atoms with Gasteiger partial charge in [-0.25, -0.2) is 9.97 Å². The van der Waals surface area contributed by atoms with Crippen molar-refractivity contribution in [2.45, 2.75) is 46.1 Å². The maximum Gasteiger partial charge on any atom is 0.417 e. The highest BCUT2D eigenvalue weighted by atomic mass is 19.4. The highest BCUT2D eigenvalue weighted by Gasteiger charge is 2.36. The van der Waals surface area contributed by atoms with E-state index in [2.05, 4.69) is 20.4 Å². The summed E-state index contributed by atoms with van der Waals surface area (Å²) in [6, 6.07) is 7.26. The lowest BCUT2D eigenvalue weighted by Gasteiger charge is -2.22. The minimum Gasteiger partial charge on any atom is -0.491 e. The van der Waals surface area contributed by atoms with Crippen LogP contribution in [0.3, 0.4) is 0 Å². The van der Waals surface area contributed by atoms with E-state index in [4.69, 9.17) is 14.2 Å². The first-order valence-corrected chi connectivity index (χ1v) is 12.7. The SMILES string of the molecule is CNC[C@@H](O)COc1ccc(C(F)(F)F)c(-c2nc(-c3c(C)noc3C)c(C)c(N3Cc4cccnc4C3)n2)c1. The van der Waals surface area contributed by atoms with Crippen LogP contribution in [0.5, 0.6) is 5.75 Å². The number of nitrogens with zero attached hydrogens (tertiary/aromatic N) is 5. The molecular formula is C28H29F3N6O3. The zero-order valence-corrected chi connectivity index (χ0v) is 22.5. The van der Waals surface area contributed by atoms with E-state index >= 15 is 0 Å². The molecule has 0 radical (unpaired) electrons. The van der Waals surface area contributed by atoms with E-state index in [0.717, 1.165) is 17.3 Å². The molecule has 0 saturated heterocycles. The fourth-order valence-electron chi connectivity index (χ4n) is 4.88. The predicted octanol–water partition coefficient (Wildman–Crippen LogP) is 4.62. The van der Waals surface area contributed by atoms with Crippen LogP contribution < -0.4 is 15.0 Å². The number of pyridine rings is 1. The van der Waals surface area contributed by atoms with Crippen LogP contribution in [0.4, 0.5) is 19.0 Å². The monoisotopic (exact) mass is 554 g/mol. The second kappa shape index (κ2) is 10.9. The fourth-order valence-corrected chi connectivity index (χ4v) is 4.88. The third-order valence-electron chi connectivity index (χ3n) is 6.80. The summed E-state index contributed by atoms with van der Waals surface area (Å²) in [5, 5.41) is 16.9. The number of likely N-dealkylation sites (N-methyl/N-ethyl adjacent to an activating group) is 1. The molecular weight excluding hydrogens is 525 g/mol. The molecule has 0 amide bonds. The average molecular weight is 555 g/mol. The lowest BCUT2D eigenvalue weighted by molar-refractivity contribution is -0.137. The number of hydrogen-bond donors (Lipinski definition) is 2. The molecule has 210 valence electrons. The minimum absolute atomic E-state index is 0.102. The van der Waals surface area contributed by atoms with Crippen LogP contribution in [0.15, 0.2) is 41.1 Å². The molecule has 4 aromatic rings. The molecule has 4 heterocycles. The largest absolute Gasteiger partial charge is 0.491 e. The molecule has 0 unspecified atom stereocenters. The van der Waals surface area contributed by atoms with E-state index in [1.54, 1.807) is 27.1 Å². The average Bonchev–Trinajstić information content (AvgIpc) is 3.49. The molecule has 1 aliphatic heterocycles. The fraction of sp³-hybridized carbons (Fsp3) is 0.357. The molecule has 0 fully saturated rings. The third-order valence-corrected chi connectivity index (χ3v) is 6.80. The summed E-state index contributed by atoms with van der Waals surface area (Å²) in [5.74, 6) is 1.02. The molecule has 0 spiro atoms. The van der Waals surface area contributed by atoms with E-state index in [1.807, 2.05) is 24.0 Å². The van der Waals surface area contributed by atoms with E-state index in [0.29, 0.717) is 47.2 Å². The summed E-state index contributed by atoms with van der Waals surface area (Å²) in [4.78, 5) is 15.8. The summed E-state index contributed by atoms with van der Waals surface area (Å²) in [7, 11) is 1.68. The van der Waals surface area contributed by atoms with Gasteiger partial charge in [-0.1, -0.05) is 11.2 Å². The van der Waals surface area contributed by atoms with Crippen LogP contribution in [0.1, 0.15) is 33.8 Å². The number of aryl methyl sites for hydroxylation is 2. The highest BCUT2D eigenvalue weighted by Crippen LogP contribution is 2.41. The van der Waals surface area contributed by atoms with Crippen LogP contribution in [-0.2, 0) is 19.3 Å². The first-order chi connectivity index (χ1) is 19.1. The lowest BCUT2D eigenvalue weighted by Crippen LogP contribution is -2.29. The Morgan fingerprint density at radius 1 is 1.15 bits per heavy atom. The second-order valence-corrected chi connectivity index (χ2v) is 9.74. The molecule has 2 N–H and O–H groups in total. The molecule has 1 atom stereocenters. The molecule has 1 aliphatic rings. The van der Waals surface area contributed by atoms with Gasteiger partial charge in [-0.15, -0.1) is 0 Å². The van der Waals surface area contributed by atoms with Crippen molar-refractivity contribution in [3.05, 3.63) is 70.4 Å². The molecule has 0 saturated carbocycles. The van der Waals surface area contributed by atoms with Gasteiger partial charge in [-0.3, -0.25) is 4.98 Å². The minimum atomic E-state index is -4.68. The number of nitrogens with one attached hydrogen (secondary N) is 1. The van der Waals surface area contributed by atoms with Crippen LogP contribution in [0.25, 0.3) is 22.6 Å². The number of fused-ring (bicyclic) bond motifs is 1. The number of benzene rings is 1. The first kappa shape index (κ1) is 27.5. The summed E-state index contributed by atoms with van der Waals surface area (Å²) in [5.41, 5.74) is 3.05. The van der Waals surface area contributed by atoms with Gasteiger partial charge in [0.25, 0.3) is 0 Å². The number of halogens is 3. The van der Waals surface area contributed by atoms with Gasteiger partial charge in [-0.05, 0) is 57.6 Å². The van der Waals surface area contributed by atoms with Gasteiger partial charge >= 0.3 is 6.18 Å². The summed E-state index contributed by atoms with van der Waals surface area (Å²) < 4.78 is 53.8. The number of anilines is 1. The van der Waals surface area contributed by atoms with Crippen LogP contribution in [0, 0.1) is 20.8 Å². The predicted molar refractivity (Wildman–Crippen MR) is 142 cm³/mol. The van der Waals surface area contributed by atoms with Crippen LogP contribution >= 0.6 is 0 Å². The normalized spacial score (nSPS) is 13.9. The van der Waals surface area contributed by atoms with Crippen molar-refractivity contribution in [2.75, 3.05) is 25.1 Å². The molecule has 9 nitrogen and oxygen atoms in total. The molecule has 3 aromatic heterocycles. The van der Waals surface area contributed by atoms with Gasteiger partial charge in [0.1, 0.15) is 30.0 Å². The van der Waals surface area contributed by atoms with Crippen molar-refractivity contribution in [1.29, 1.82) is 0 Å². The Morgan fingerprint density at radius 3 is 2.62 bits per heavy atom. The molecule has 12 heteroatoms. The highest BCUT2D eigenvalue weighted by molar-refractivity contribution is 5.76. The Balaban J connectivity index is 1.67. The smallest absolute Gasteiger partial charge is 0.417 e. The number of hydrogen-bond acceptors (Lipinski definition) is 9. The van der Waals surface area contributed by atoms with E-state index in [9.17, 15) is 18.3 Å². The number of ether oxygens (including phenoxy) is 1. The molecule has 5 rings (SSSR count). The lowest BCUT2D eigenvalue weighted by atomic mass is 10.0. The summed E-state index contributed by atoms with van der Waals surface area (Å²) in [6.45, 7) is 6.45. The zero-order valence-electron chi connectivity index (χ0n) is 22.5. The Hall–Kier alpha value is -4.03. The number of aliphatic hydroxyl groups excluding tert-OH is 1. The van der Waals surface area contributed by atoms with E-state index in [1.165, 1.54) is 12.1 Å². The molecule has 0 bridgehead atoms. The van der Waals surface area contributed by atoms with Crippen molar-refractivity contribution >= 4 is 5.82 Å². The Bertz CT molecular complexity index is 1490. The molecule has 1 aromatic carbocycles. The van der Waals surface area contributed by atoms with Gasteiger partial charge in [-0.2, -0.15) is 13.2 Å². The van der Waals surface area contributed by atoms with Gasteiger partial charge in [0.15, 0.2) is 5.82 Å². The van der Waals surface area contributed by atoms with Crippen molar-refractivity contribution in [3.63, 3.8) is 0 Å². The van der Waals surface area contributed by atoms with Crippen LogP contribution in [-0.4, -0.2) is 51.5 Å². The molecule has 40 heavy (non-hydrogen) atoms. The second-order valence-electron chi connectivity index (χ2n) is 9.74. The first-order valence-electron chi connectivity index (χ1n) is 12.7. The van der Waals surface area contributed by atoms with Gasteiger partial charge < -0.3 is 24.6 Å². The number of aromatic nitrogens is 4. The Kier molecular flexibility index (Phi) is 7.47. The van der Waals surface area contributed by atoms with Crippen molar-refractivity contribution < 1.29 is 27.5 Å². The number of alkyl halides is 3. The quantitative estimate of drug-likeness (QED) is 0.323. The Labute approximate surface area is 229 Å². The van der Waals surface area contributed by atoms with Gasteiger partial charge in [0.05, 0.1) is 34.8 Å². The third kappa shape index (κ3) is 5.36. The zero-order chi connectivity index (χ0) is 28.6.